The quantitative estimate of drug-likeness (QED) is 0.329. The fourth-order valence-corrected chi connectivity index (χ4v) is 7.30. The number of sulfone groups is 1. The van der Waals surface area contributed by atoms with Crippen molar-refractivity contribution in [1.82, 2.24) is 14.9 Å². The molecule has 0 atom stereocenters. The second-order valence-corrected chi connectivity index (χ2v) is 12.4. The largest absolute Gasteiger partial charge is 0.384 e. The molecule has 2 aromatic carbocycles. The first-order chi connectivity index (χ1) is 18.1. The van der Waals surface area contributed by atoms with Gasteiger partial charge in [-0.3, -0.25) is 0 Å². The van der Waals surface area contributed by atoms with E-state index in [0.717, 1.165) is 48.6 Å². The van der Waals surface area contributed by atoms with E-state index in [2.05, 4.69) is 16.9 Å². The summed E-state index contributed by atoms with van der Waals surface area (Å²) in [5, 5.41) is 0.873. The Bertz CT molecular complexity index is 1600. The van der Waals surface area contributed by atoms with Crippen LogP contribution in [-0.2, 0) is 15.6 Å². The summed E-state index contributed by atoms with van der Waals surface area (Å²) >= 11 is 1.46. The van der Waals surface area contributed by atoms with Gasteiger partial charge in [0.25, 0.3) is 0 Å². The van der Waals surface area contributed by atoms with Crippen molar-refractivity contribution in [3.05, 3.63) is 82.8 Å². The van der Waals surface area contributed by atoms with Gasteiger partial charge in [0.2, 0.25) is 0 Å². The standard InChI is InChI=1S/C27H25F3N4O2S2/c1-34-11-8-16(9-12-34)27-33-25(26(37-27)17-7-10-32-23(31)13-17)20-4-2-3-18(24(20)30)15-38(35,36)22-14-19(28)5-6-21(22)29/h2-7,10,13-14,16H,8-9,11-12,15H2,1H3,(H2,31,32). The molecule has 4 aromatic rings. The third kappa shape index (κ3) is 5.31. The number of pyridine rings is 1. The van der Waals surface area contributed by atoms with Gasteiger partial charge in [0.1, 0.15) is 28.2 Å². The molecule has 2 N–H and O–H groups in total. The number of anilines is 1. The smallest absolute Gasteiger partial charge is 0.185 e. The molecule has 0 radical (unpaired) electrons. The highest BCUT2D eigenvalue weighted by molar-refractivity contribution is 7.90. The van der Waals surface area contributed by atoms with Crippen molar-refractivity contribution in [2.45, 2.75) is 29.4 Å². The number of likely N-dealkylation sites (tertiary alicyclic amines) is 1. The summed E-state index contributed by atoms with van der Waals surface area (Å²) in [7, 11) is -2.31. The van der Waals surface area contributed by atoms with Crippen LogP contribution >= 0.6 is 11.3 Å². The van der Waals surface area contributed by atoms with Gasteiger partial charge in [-0.25, -0.2) is 31.6 Å². The average molecular weight is 559 g/mol. The van der Waals surface area contributed by atoms with Gasteiger partial charge in [-0.1, -0.05) is 12.1 Å². The van der Waals surface area contributed by atoms with Crippen molar-refractivity contribution in [3.63, 3.8) is 0 Å². The molecule has 0 amide bonds. The molecular formula is C27H25F3N4O2S2. The van der Waals surface area contributed by atoms with Crippen LogP contribution in [0.1, 0.15) is 29.3 Å². The summed E-state index contributed by atoms with van der Waals surface area (Å²) in [5.41, 5.74) is 6.98. The summed E-state index contributed by atoms with van der Waals surface area (Å²) in [5.74, 6) is -3.09. The van der Waals surface area contributed by atoms with E-state index in [9.17, 15) is 17.2 Å². The number of rotatable bonds is 6. The molecule has 0 aliphatic carbocycles. The summed E-state index contributed by atoms with van der Waals surface area (Å²) in [4.78, 5) is 11.0. The van der Waals surface area contributed by atoms with E-state index in [4.69, 9.17) is 10.7 Å². The molecule has 5 rings (SSSR count). The maximum absolute atomic E-state index is 16.0. The zero-order valence-electron chi connectivity index (χ0n) is 20.5. The zero-order chi connectivity index (χ0) is 27.0. The number of piperidine rings is 1. The van der Waals surface area contributed by atoms with Crippen molar-refractivity contribution in [2.24, 2.45) is 0 Å². The van der Waals surface area contributed by atoms with Crippen LogP contribution < -0.4 is 5.73 Å². The molecule has 38 heavy (non-hydrogen) atoms. The van der Waals surface area contributed by atoms with Crippen LogP contribution in [0.5, 0.6) is 0 Å². The molecule has 198 valence electrons. The number of thiazole rings is 1. The highest BCUT2D eigenvalue weighted by Gasteiger charge is 2.28. The van der Waals surface area contributed by atoms with Gasteiger partial charge in [0.05, 0.1) is 21.3 Å². The van der Waals surface area contributed by atoms with Crippen LogP contribution in [0.3, 0.4) is 0 Å². The normalized spacial score (nSPS) is 15.2. The Hall–Kier alpha value is -3.28. The van der Waals surface area contributed by atoms with E-state index in [1.807, 2.05) is 0 Å². The molecule has 6 nitrogen and oxygen atoms in total. The Balaban J connectivity index is 1.58. The van der Waals surface area contributed by atoms with Crippen molar-refractivity contribution in [2.75, 3.05) is 25.9 Å². The van der Waals surface area contributed by atoms with Gasteiger partial charge in [-0.05, 0) is 74.9 Å². The predicted molar refractivity (Wildman–Crippen MR) is 142 cm³/mol. The summed E-state index contributed by atoms with van der Waals surface area (Å²) in [6.07, 6.45) is 3.40. The zero-order valence-corrected chi connectivity index (χ0v) is 22.1. The number of halogens is 3. The first kappa shape index (κ1) is 26.3. The molecular weight excluding hydrogens is 533 g/mol. The molecule has 1 aliphatic rings. The number of hydrogen-bond donors (Lipinski definition) is 1. The van der Waals surface area contributed by atoms with Gasteiger partial charge >= 0.3 is 0 Å². The minimum absolute atomic E-state index is 0.123. The number of nitrogens with zero attached hydrogens (tertiary/aromatic N) is 3. The monoisotopic (exact) mass is 558 g/mol. The van der Waals surface area contributed by atoms with Crippen LogP contribution in [0.4, 0.5) is 19.0 Å². The topological polar surface area (TPSA) is 89.2 Å². The fraction of sp³-hybridized carbons (Fsp3) is 0.259. The molecule has 0 saturated carbocycles. The lowest BCUT2D eigenvalue weighted by atomic mass is 9.98. The van der Waals surface area contributed by atoms with E-state index in [1.54, 1.807) is 18.3 Å². The number of nitrogens with two attached hydrogens (primary N) is 1. The lowest BCUT2D eigenvalue weighted by Gasteiger charge is -2.27. The molecule has 3 heterocycles. The lowest BCUT2D eigenvalue weighted by Crippen LogP contribution is -2.29. The Labute approximate surface area is 222 Å². The van der Waals surface area contributed by atoms with E-state index >= 15 is 4.39 Å². The van der Waals surface area contributed by atoms with Crippen LogP contribution in [-0.4, -0.2) is 43.4 Å². The molecule has 11 heteroatoms. The van der Waals surface area contributed by atoms with Crippen molar-refractivity contribution < 1.29 is 21.6 Å². The van der Waals surface area contributed by atoms with Gasteiger partial charge in [-0.15, -0.1) is 11.3 Å². The third-order valence-corrected chi connectivity index (χ3v) is 9.60. The maximum atomic E-state index is 16.0. The molecule has 0 bridgehead atoms. The second kappa shape index (κ2) is 10.5. The first-order valence-corrected chi connectivity index (χ1v) is 14.5. The summed E-state index contributed by atoms with van der Waals surface area (Å²) in [6.45, 7) is 1.85. The maximum Gasteiger partial charge on any atom is 0.185 e. The van der Waals surface area contributed by atoms with Crippen molar-refractivity contribution in [3.8, 4) is 21.7 Å². The minimum Gasteiger partial charge on any atom is -0.384 e. The fourth-order valence-electron chi connectivity index (χ4n) is 4.61. The molecule has 1 aliphatic heterocycles. The Kier molecular flexibility index (Phi) is 7.26. The van der Waals surface area contributed by atoms with Crippen LogP contribution in [0.15, 0.2) is 59.6 Å². The lowest BCUT2D eigenvalue weighted by molar-refractivity contribution is 0.255. The molecule has 1 fully saturated rings. The van der Waals surface area contributed by atoms with Crippen molar-refractivity contribution in [1.29, 1.82) is 0 Å². The van der Waals surface area contributed by atoms with Crippen LogP contribution in [0.25, 0.3) is 21.7 Å². The number of nitrogen functional groups attached to an aromatic ring is 1. The molecule has 2 aromatic heterocycles. The van der Waals surface area contributed by atoms with E-state index in [0.29, 0.717) is 22.5 Å². The number of aromatic nitrogens is 2. The third-order valence-electron chi connectivity index (χ3n) is 6.66. The summed E-state index contributed by atoms with van der Waals surface area (Å²) < 4.78 is 69.7. The Morgan fingerprint density at radius 3 is 2.58 bits per heavy atom. The minimum atomic E-state index is -4.38. The highest BCUT2D eigenvalue weighted by atomic mass is 32.2. The SMILES string of the molecule is CN1CCC(c2nc(-c3cccc(CS(=O)(=O)c4cc(F)ccc4F)c3F)c(-c3ccnc(N)c3)s2)CC1. The number of hydrogen-bond acceptors (Lipinski definition) is 7. The predicted octanol–water partition coefficient (Wildman–Crippen LogP) is 5.65. The van der Waals surface area contributed by atoms with Crippen molar-refractivity contribution >= 4 is 27.0 Å². The van der Waals surface area contributed by atoms with Gasteiger partial charge in [-0.2, -0.15) is 0 Å². The van der Waals surface area contributed by atoms with Gasteiger partial charge in [0, 0.05) is 23.2 Å². The van der Waals surface area contributed by atoms with Gasteiger partial charge < -0.3 is 10.6 Å². The highest BCUT2D eigenvalue weighted by Crippen LogP contribution is 2.43. The van der Waals surface area contributed by atoms with Gasteiger partial charge in [0.15, 0.2) is 9.84 Å². The van der Waals surface area contributed by atoms with Crippen LogP contribution in [0, 0.1) is 17.5 Å². The molecule has 0 spiro atoms. The Morgan fingerprint density at radius 1 is 1.08 bits per heavy atom. The Morgan fingerprint density at radius 2 is 1.84 bits per heavy atom. The molecule has 0 unspecified atom stereocenters. The first-order valence-electron chi connectivity index (χ1n) is 12.0. The van der Waals surface area contributed by atoms with E-state index in [-0.39, 0.29) is 17.0 Å². The second-order valence-electron chi connectivity index (χ2n) is 9.39. The van der Waals surface area contributed by atoms with E-state index in [1.165, 1.54) is 29.5 Å². The average Bonchev–Trinajstić information content (AvgIpc) is 3.32. The summed E-state index contributed by atoms with van der Waals surface area (Å²) in [6, 6.07) is 10.0. The van der Waals surface area contributed by atoms with Crippen LogP contribution in [0.2, 0.25) is 0 Å². The molecule has 1 saturated heterocycles. The number of benzene rings is 2. The van der Waals surface area contributed by atoms with E-state index < -0.39 is 37.9 Å².